The molecule has 0 radical (unpaired) electrons. The molecule has 0 fully saturated rings. The van der Waals surface area contributed by atoms with Crippen LogP contribution in [0, 0.1) is 5.82 Å². The molecule has 5 nitrogen and oxygen atoms in total. The van der Waals surface area contributed by atoms with Gasteiger partial charge in [-0.25, -0.2) is 4.39 Å². The zero-order chi connectivity index (χ0) is 22.0. The third-order valence-corrected chi connectivity index (χ3v) is 5.42. The van der Waals surface area contributed by atoms with Crippen molar-refractivity contribution in [1.29, 1.82) is 0 Å². The standard InChI is InChI=1S/C24H20ClFN4O/c1-29(15-18-5-3-4-6-20(18)25)24(31)23-21(16-11-13-27-14-12-16)22(28-30(23)2)17-7-9-19(26)10-8-17/h3-14H,15H2,1-2H3. The lowest BCUT2D eigenvalue weighted by Crippen LogP contribution is -2.28. The van der Waals surface area contributed by atoms with Gasteiger partial charge < -0.3 is 4.90 Å². The summed E-state index contributed by atoms with van der Waals surface area (Å²) in [4.78, 5) is 19.2. The first-order valence-electron chi connectivity index (χ1n) is 9.68. The van der Waals surface area contributed by atoms with Crippen LogP contribution in [-0.4, -0.2) is 32.6 Å². The summed E-state index contributed by atoms with van der Waals surface area (Å²) >= 11 is 6.28. The van der Waals surface area contributed by atoms with Crippen molar-refractivity contribution in [2.24, 2.45) is 7.05 Å². The number of hydrogen-bond donors (Lipinski definition) is 0. The fourth-order valence-corrected chi connectivity index (χ4v) is 3.70. The Labute approximate surface area is 184 Å². The van der Waals surface area contributed by atoms with Crippen molar-refractivity contribution >= 4 is 17.5 Å². The van der Waals surface area contributed by atoms with Gasteiger partial charge in [-0.15, -0.1) is 0 Å². The van der Waals surface area contributed by atoms with Gasteiger partial charge in [0.15, 0.2) is 0 Å². The molecule has 0 aliphatic heterocycles. The number of carbonyl (C=O) groups excluding carboxylic acids is 1. The van der Waals surface area contributed by atoms with Gasteiger partial charge >= 0.3 is 0 Å². The average Bonchev–Trinajstić information content (AvgIpc) is 3.12. The number of pyridine rings is 1. The Kier molecular flexibility index (Phi) is 5.82. The Morgan fingerprint density at radius 3 is 2.39 bits per heavy atom. The molecule has 2 aromatic heterocycles. The molecule has 156 valence electrons. The lowest BCUT2D eigenvalue weighted by atomic mass is 9.99. The second-order valence-corrected chi connectivity index (χ2v) is 7.60. The van der Waals surface area contributed by atoms with E-state index in [1.54, 1.807) is 54.3 Å². The summed E-state index contributed by atoms with van der Waals surface area (Å²) in [6.07, 6.45) is 3.33. The van der Waals surface area contributed by atoms with Crippen LogP contribution in [0.25, 0.3) is 22.4 Å². The molecule has 0 atom stereocenters. The molecule has 7 heteroatoms. The van der Waals surface area contributed by atoms with Crippen molar-refractivity contribution in [3.8, 4) is 22.4 Å². The number of aryl methyl sites for hydroxylation is 1. The molecular formula is C24H20ClFN4O. The predicted molar refractivity (Wildman–Crippen MR) is 119 cm³/mol. The molecular weight excluding hydrogens is 415 g/mol. The van der Waals surface area contributed by atoms with Crippen LogP contribution in [0.1, 0.15) is 16.1 Å². The molecule has 1 amide bonds. The molecule has 0 saturated heterocycles. The first-order valence-corrected chi connectivity index (χ1v) is 10.1. The highest BCUT2D eigenvalue weighted by Gasteiger charge is 2.26. The number of carbonyl (C=O) groups is 1. The summed E-state index contributed by atoms with van der Waals surface area (Å²) in [5.74, 6) is -0.531. The van der Waals surface area contributed by atoms with Crippen molar-refractivity contribution in [3.05, 3.63) is 95.2 Å². The van der Waals surface area contributed by atoms with Crippen LogP contribution >= 0.6 is 11.6 Å². The molecule has 2 heterocycles. The Bertz CT molecular complexity index is 1220. The topological polar surface area (TPSA) is 51.0 Å². The van der Waals surface area contributed by atoms with Gasteiger partial charge in [-0.2, -0.15) is 5.10 Å². The van der Waals surface area contributed by atoms with E-state index in [1.807, 2.05) is 30.3 Å². The van der Waals surface area contributed by atoms with E-state index >= 15 is 0 Å². The van der Waals surface area contributed by atoms with Crippen LogP contribution in [0.5, 0.6) is 0 Å². The van der Waals surface area contributed by atoms with Crippen LogP contribution < -0.4 is 0 Å². The van der Waals surface area contributed by atoms with Gasteiger partial charge in [0.2, 0.25) is 0 Å². The van der Waals surface area contributed by atoms with Crippen molar-refractivity contribution < 1.29 is 9.18 Å². The Balaban J connectivity index is 1.81. The maximum absolute atomic E-state index is 13.5. The van der Waals surface area contributed by atoms with Gasteiger partial charge in [-0.1, -0.05) is 29.8 Å². The molecule has 0 saturated carbocycles. The Morgan fingerprint density at radius 1 is 1.03 bits per heavy atom. The summed E-state index contributed by atoms with van der Waals surface area (Å²) in [6.45, 7) is 0.353. The second-order valence-electron chi connectivity index (χ2n) is 7.19. The molecule has 0 spiro atoms. The number of benzene rings is 2. The molecule has 4 aromatic rings. The zero-order valence-corrected chi connectivity index (χ0v) is 17.8. The third-order valence-electron chi connectivity index (χ3n) is 5.05. The summed E-state index contributed by atoms with van der Waals surface area (Å²) in [5, 5.41) is 5.22. The van der Waals surface area contributed by atoms with Crippen LogP contribution in [0.4, 0.5) is 4.39 Å². The summed E-state index contributed by atoms with van der Waals surface area (Å²) in [7, 11) is 3.46. The molecule has 0 unspecified atom stereocenters. The maximum Gasteiger partial charge on any atom is 0.272 e. The molecule has 0 N–H and O–H groups in total. The van der Waals surface area contributed by atoms with Gasteiger partial charge in [0.05, 0.1) is 0 Å². The molecule has 0 aliphatic rings. The molecule has 4 rings (SSSR count). The highest BCUT2D eigenvalue weighted by Crippen LogP contribution is 2.35. The molecule has 0 aliphatic carbocycles. The van der Waals surface area contributed by atoms with Gasteiger partial charge in [-0.3, -0.25) is 14.5 Å². The monoisotopic (exact) mass is 434 g/mol. The predicted octanol–water partition coefficient (Wildman–Crippen LogP) is 5.21. The average molecular weight is 435 g/mol. The van der Waals surface area contributed by atoms with Gasteiger partial charge in [0.1, 0.15) is 17.2 Å². The van der Waals surface area contributed by atoms with Crippen LogP contribution in [-0.2, 0) is 13.6 Å². The van der Waals surface area contributed by atoms with Crippen molar-refractivity contribution in [1.82, 2.24) is 19.7 Å². The lowest BCUT2D eigenvalue weighted by molar-refractivity contribution is 0.0775. The largest absolute Gasteiger partial charge is 0.336 e. The van der Waals surface area contributed by atoms with Gasteiger partial charge in [-0.05, 0) is 53.6 Å². The van der Waals surface area contributed by atoms with Crippen LogP contribution in [0.15, 0.2) is 73.1 Å². The van der Waals surface area contributed by atoms with Crippen LogP contribution in [0.2, 0.25) is 5.02 Å². The van der Waals surface area contributed by atoms with Gasteiger partial charge in [0.25, 0.3) is 5.91 Å². The highest BCUT2D eigenvalue weighted by molar-refractivity contribution is 6.31. The van der Waals surface area contributed by atoms with Crippen LogP contribution in [0.3, 0.4) is 0 Å². The highest BCUT2D eigenvalue weighted by atomic mass is 35.5. The Morgan fingerprint density at radius 2 is 1.71 bits per heavy atom. The summed E-state index contributed by atoms with van der Waals surface area (Å²) in [6, 6.07) is 17.2. The van der Waals surface area contributed by atoms with Crippen molar-refractivity contribution in [3.63, 3.8) is 0 Å². The minimum absolute atomic E-state index is 0.199. The number of amides is 1. The first-order chi connectivity index (χ1) is 15.0. The zero-order valence-electron chi connectivity index (χ0n) is 17.1. The van der Waals surface area contributed by atoms with E-state index in [0.717, 1.165) is 16.7 Å². The van der Waals surface area contributed by atoms with E-state index in [-0.39, 0.29) is 11.7 Å². The first kappa shape index (κ1) is 20.8. The minimum atomic E-state index is -0.332. The Hall–Kier alpha value is -3.51. The van der Waals surface area contributed by atoms with E-state index in [4.69, 9.17) is 11.6 Å². The molecule has 31 heavy (non-hydrogen) atoms. The summed E-state index contributed by atoms with van der Waals surface area (Å²) < 4.78 is 15.0. The van der Waals surface area contributed by atoms with Crippen molar-refractivity contribution in [2.75, 3.05) is 7.05 Å². The summed E-state index contributed by atoms with van der Waals surface area (Å²) in [5.41, 5.74) is 4.08. The smallest absolute Gasteiger partial charge is 0.272 e. The number of hydrogen-bond acceptors (Lipinski definition) is 3. The van der Waals surface area contributed by atoms with E-state index in [0.29, 0.717) is 28.5 Å². The number of rotatable bonds is 5. The second kappa shape index (κ2) is 8.70. The fourth-order valence-electron chi connectivity index (χ4n) is 3.51. The van der Waals surface area contributed by atoms with E-state index in [2.05, 4.69) is 10.1 Å². The van der Waals surface area contributed by atoms with E-state index in [1.165, 1.54) is 12.1 Å². The number of aromatic nitrogens is 3. The van der Waals surface area contributed by atoms with E-state index in [9.17, 15) is 9.18 Å². The third kappa shape index (κ3) is 4.20. The van der Waals surface area contributed by atoms with Gasteiger partial charge in [0, 0.05) is 49.2 Å². The minimum Gasteiger partial charge on any atom is -0.336 e. The molecule has 0 bridgehead atoms. The maximum atomic E-state index is 13.5. The van der Waals surface area contributed by atoms with E-state index < -0.39 is 0 Å². The lowest BCUT2D eigenvalue weighted by Gasteiger charge is -2.19. The SMILES string of the molecule is CN(Cc1ccccc1Cl)C(=O)c1c(-c2ccncc2)c(-c2ccc(F)cc2)nn1C. The fraction of sp³-hybridized carbons (Fsp3) is 0.125. The number of halogens is 2. The normalized spacial score (nSPS) is 10.8. The molecule has 2 aromatic carbocycles. The van der Waals surface area contributed by atoms with Crippen molar-refractivity contribution in [2.45, 2.75) is 6.54 Å². The number of nitrogens with zero attached hydrogens (tertiary/aromatic N) is 4. The quantitative estimate of drug-likeness (QED) is 0.433.